The maximum Gasteiger partial charge on any atom is 0.247 e. The van der Waals surface area contributed by atoms with E-state index in [9.17, 15) is 9.90 Å². The van der Waals surface area contributed by atoms with Gasteiger partial charge in [0.2, 0.25) is 5.79 Å². The molecule has 2 saturated heterocycles. The van der Waals surface area contributed by atoms with E-state index in [2.05, 4.69) is 4.90 Å². The summed E-state index contributed by atoms with van der Waals surface area (Å²) in [6, 6.07) is 3.89. The Morgan fingerprint density at radius 3 is 2.80 bits per heavy atom. The highest BCUT2D eigenvalue weighted by Gasteiger charge is 2.80. The molecule has 1 aromatic carbocycles. The molecule has 0 aromatic heterocycles. The van der Waals surface area contributed by atoms with Crippen molar-refractivity contribution < 1.29 is 24.1 Å². The third-order valence-corrected chi connectivity index (χ3v) is 7.23. The van der Waals surface area contributed by atoms with E-state index in [0.717, 1.165) is 24.1 Å². The fourth-order valence-corrected chi connectivity index (χ4v) is 6.27. The number of carbonyl (C=O) groups is 1. The van der Waals surface area contributed by atoms with Crippen LogP contribution >= 0.6 is 0 Å². The fraction of sp³-hybridized carbons (Fsp3) is 0.632. The van der Waals surface area contributed by atoms with Crippen LogP contribution in [0.1, 0.15) is 42.9 Å². The average Bonchev–Trinajstić information content (AvgIpc) is 3.10. The lowest BCUT2D eigenvalue weighted by Gasteiger charge is -2.56. The van der Waals surface area contributed by atoms with Crippen LogP contribution in [0.4, 0.5) is 0 Å². The van der Waals surface area contributed by atoms with Crippen LogP contribution in [0.5, 0.6) is 11.5 Å². The summed E-state index contributed by atoms with van der Waals surface area (Å²) in [7, 11) is 5.28. The van der Waals surface area contributed by atoms with Crippen LogP contribution in [0, 0.1) is 0 Å². The third-order valence-electron chi connectivity index (χ3n) is 7.23. The van der Waals surface area contributed by atoms with Crippen molar-refractivity contribution in [3.8, 4) is 11.5 Å². The minimum Gasteiger partial charge on any atom is -0.493 e. The Balaban J connectivity index is 1.89. The number of methoxy groups -OCH3 is 2. The lowest BCUT2D eigenvalue weighted by molar-refractivity contribution is -0.242. The first-order valence-corrected chi connectivity index (χ1v) is 8.85. The minimum atomic E-state index is -1.75. The Morgan fingerprint density at radius 1 is 1.28 bits per heavy atom. The van der Waals surface area contributed by atoms with Gasteiger partial charge >= 0.3 is 0 Å². The number of hydrogen-bond donors (Lipinski definition) is 1. The zero-order valence-electron chi connectivity index (χ0n) is 14.8. The number of hydrogen-bond acceptors (Lipinski definition) is 6. The van der Waals surface area contributed by atoms with Gasteiger partial charge in [-0.1, -0.05) is 6.07 Å². The molecule has 1 saturated carbocycles. The molecule has 2 aliphatic carbocycles. The van der Waals surface area contributed by atoms with Crippen molar-refractivity contribution in [2.24, 2.45) is 0 Å². The lowest BCUT2D eigenvalue weighted by Crippen LogP contribution is -2.72. The lowest BCUT2D eigenvalue weighted by atomic mass is 9.51. The van der Waals surface area contributed by atoms with Crippen molar-refractivity contribution in [3.63, 3.8) is 0 Å². The van der Waals surface area contributed by atoms with Gasteiger partial charge in [0, 0.05) is 23.8 Å². The molecule has 25 heavy (non-hydrogen) atoms. The Labute approximate surface area is 146 Å². The van der Waals surface area contributed by atoms with Crippen molar-refractivity contribution in [1.29, 1.82) is 0 Å². The molecule has 1 aromatic rings. The van der Waals surface area contributed by atoms with Gasteiger partial charge in [-0.2, -0.15) is 0 Å². The normalized spacial score (nSPS) is 41.4. The van der Waals surface area contributed by atoms with Gasteiger partial charge in [0.1, 0.15) is 0 Å². The van der Waals surface area contributed by atoms with Gasteiger partial charge in [-0.15, -0.1) is 0 Å². The standard InChI is InChI=1S/C19H23NO5/c1-20-9-8-17-7-6-14(21)19(22)18(17,20)10-13(25-19)11-4-5-12(23-2)16(24-3)15(11)17/h4-5,13,22H,6-10H2,1-3H3/t13-,17+,18-,19-/m0/s1. The van der Waals surface area contributed by atoms with E-state index in [-0.39, 0.29) is 17.3 Å². The number of likely N-dealkylation sites (N-methyl/N-ethyl adjacent to an activating group) is 1. The highest BCUT2D eigenvalue weighted by Crippen LogP contribution is 2.71. The number of rotatable bonds is 2. The number of fused-ring (bicyclic) bond motifs is 3. The number of ether oxygens (including phenoxy) is 3. The van der Waals surface area contributed by atoms with E-state index in [1.807, 2.05) is 19.2 Å². The monoisotopic (exact) mass is 345 g/mol. The summed E-state index contributed by atoms with van der Waals surface area (Å²) in [4.78, 5) is 14.9. The third kappa shape index (κ3) is 1.40. The largest absolute Gasteiger partial charge is 0.493 e. The number of aliphatic hydroxyl groups is 1. The molecule has 6 heteroatoms. The Kier molecular flexibility index (Phi) is 2.84. The van der Waals surface area contributed by atoms with Crippen molar-refractivity contribution >= 4 is 5.78 Å². The molecule has 2 aliphatic heterocycles. The van der Waals surface area contributed by atoms with Gasteiger partial charge < -0.3 is 19.3 Å². The van der Waals surface area contributed by atoms with Crippen molar-refractivity contribution in [3.05, 3.63) is 23.3 Å². The quantitative estimate of drug-likeness (QED) is 0.877. The van der Waals surface area contributed by atoms with Gasteiger partial charge in [0.05, 0.1) is 25.9 Å². The Bertz CT molecular complexity index is 794. The molecule has 2 bridgehead atoms. The number of carbonyl (C=O) groups excluding carboxylic acids is 1. The van der Waals surface area contributed by atoms with Crippen LogP contribution in [0.15, 0.2) is 12.1 Å². The SMILES string of the molecule is COc1ccc2c(c1OC)[C@]13CCC(=O)[C@]4(O)O[C@H]2C[C@]14N(C)CC3. The summed E-state index contributed by atoms with van der Waals surface area (Å²) < 4.78 is 17.4. The van der Waals surface area contributed by atoms with Gasteiger partial charge in [-0.3, -0.25) is 9.69 Å². The summed E-state index contributed by atoms with van der Waals surface area (Å²) >= 11 is 0. The van der Waals surface area contributed by atoms with Crippen molar-refractivity contribution in [2.75, 3.05) is 27.8 Å². The van der Waals surface area contributed by atoms with Crippen LogP contribution in [-0.2, 0) is 14.9 Å². The van der Waals surface area contributed by atoms with Crippen LogP contribution in [0.2, 0.25) is 0 Å². The summed E-state index contributed by atoms with van der Waals surface area (Å²) in [5, 5.41) is 11.5. The first kappa shape index (κ1) is 15.6. The minimum absolute atomic E-state index is 0.196. The molecule has 2 heterocycles. The van der Waals surface area contributed by atoms with E-state index >= 15 is 0 Å². The predicted octanol–water partition coefficient (Wildman–Crippen LogP) is 1.54. The van der Waals surface area contributed by atoms with Crippen molar-refractivity contribution in [2.45, 2.75) is 48.5 Å². The molecular formula is C19H23NO5. The molecule has 0 unspecified atom stereocenters. The van der Waals surface area contributed by atoms with E-state index in [1.165, 1.54) is 0 Å². The first-order chi connectivity index (χ1) is 11.9. The van der Waals surface area contributed by atoms with E-state index in [0.29, 0.717) is 30.8 Å². The second kappa shape index (κ2) is 4.55. The van der Waals surface area contributed by atoms with Crippen LogP contribution < -0.4 is 9.47 Å². The second-order valence-corrected chi connectivity index (χ2v) is 7.76. The van der Waals surface area contributed by atoms with Gasteiger partial charge in [-0.05, 0) is 38.1 Å². The summed E-state index contributed by atoms with van der Waals surface area (Å²) in [5.74, 6) is -0.551. The Morgan fingerprint density at radius 2 is 2.08 bits per heavy atom. The Hall–Kier alpha value is -1.63. The number of Topliss-reactive ketones (excluding diaryl/α,β-unsaturated/α-hetero) is 1. The average molecular weight is 345 g/mol. The van der Waals surface area contributed by atoms with Crippen LogP contribution in [-0.4, -0.2) is 54.9 Å². The topological polar surface area (TPSA) is 68.2 Å². The highest BCUT2D eigenvalue weighted by molar-refractivity contribution is 5.91. The van der Waals surface area contributed by atoms with Gasteiger partial charge in [0.25, 0.3) is 0 Å². The zero-order valence-corrected chi connectivity index (χ0v) is 14.8. The van der Waals surface area contributed by atoms with Crippen molar-refractivity contribution in [1.82, 2.24) is 4.90 Å². The van der Waals surface area contributed by atoms with E-state index in [4.69, 9.17) is 14.2 Å². The second-order valence-electron chi connectivity index (χ2n) is 7.76. The molecule has 6 nitrogen and oxygen atoms in total. The molecule has 0 amide bonds. The van der Waals surface area contributed by atoms with Crippen LogP contribution in [0.3, 0.4) is 0 Å². The molecule has 4 atom stereocenters. The summed E-state index contributed by atoms with van der Waals surface area (Å²) in [5.41, 5.74) is 0.992. The molecule has 134 valence electrons. The smallest absolute Gasteiger partial charge is 0.247 e. The summed E-state index contributed by atoms with van der Waals surface area (Å²) in [6.45, 7) is 0.811. The number of likely N-dealkylation sites (tertiary alicyclic amines) is 1. The molecule has 4 aliphatic rings. The van der Waals surface area contributed by atoms with Crippen LogP contribution in [0.25, 0.3) is 0 Å². The first-order valence-electron chi connectivity index (χ1n) is 8.85. The fourth-order valence-electron chi connectivity index (χ4n) is 6.27. The highest BCUT2D eigenvalue weighted by atomic mass is 16.6. The van der Waals surface area contributed by atoms with E-state index in [1.54, 1.807) is 14.2 Å². The maximum atomic E-state index is 12.8. The summed E-state index contributed by atoms with van der Waals surface area (Å²) in [6.07, 6.45) is 2.21. The van der Waals surface area contributed by atoms with Gasteiger partial charge in [0.15, 0.2) is 17.3 Å². The number of ketones is 1. The molecule has 0 radical (unpaired) electrons. The molecule has 5 rings (SSSR count). The molecular weight excluding hydrogens is 322 g/mol. The van der Waals surface area contributed by atoms with Gasteiger partial charge in [-0.25, -0.2) is 0 Å². The number of nitrogens with zero attached hydrogens (tertiary/aromatic N) is 1. The molecule has 1 spiro atoms. The molecule has 1 N–H and O–H groups in total. The number of benzene rings is 1. The maximum absolute atomic E-state index is 12.8. The predicted molar refractivity (Wildman–Crippen MR) is 88.8 cm³/mol. The molecule has 3 fully saturated rings. The van der Waals surface area contributed by atoms with E-state index < -0.39 is 11.3 Å². The zero-order chi connectivity index (χ0) is 17.6.